The highest BCUT2D eigenvalue weighted by Crippen LogP contribution is 2.46. The van der Waals surface area contributed by atoms with Crippen LogP contribution in [0.5, 0.6) is 0 Å². The number of carbonyl (C=O) groups is 4. The number of aromatic nitrogens is 6. The van der Waals surface area contributed by atoms with Crippen LogP contribution in [-0.2, 0) is 26.1 Å². The number of fused-ring (bicyclic) bond motifs is 3. The van der Waals surface area contributed by atoms with Crippen molar-refractivity contribution >= 4 is 98.2 Å². The second-order valence-electron chi connectivity index (χ2n) is 29.1. The molecule has 3 saturated carbocycles. The maximum Gasteiger partial charge on any atom is 0.408 e. The van der Waals surface area contributed by atoms with Gasteiger partial charge in [-0.25, -0.2) is 54.1 Å². The molecular weight excluding hydrogens is 1490 g/mol. The summed E-state index contributed by atoms with van der Waals surface area (Å²) < 4.78 is 19.6. The Kier molecular flexibility index (Phi) is 23.0. The highest BCUT2D eigenvalue weighted by molar-refractivity contribution is 14.1. The van der Waals surface area contributed by atoms with Crippen LogP contribution in [0.25, 0.3) is 100 Å². The summed E-state index contributed by atoms with van der Waals surface area (Å²) >= 11 is 1.96. The van der Waals surface area contributed by atoms with Gasteiger partial charge in [0.15, 0.2) is 0 Å². The van der Waals surface area contributed by atoms with E-state index < -0.39 is 40.4 Å². The third-order valence-corrected chi connectivity index (χ3v) is 19.6. The van der Waals surface area contributed by atoms with Gasteiger partial charge in [0.1, 0.15) is 28.0 Å². The number of pyridine rings is 6. The lowest BCUT2D eigenvalue weighted by Crippen LogP contribution is -2.52. The standard InChI is InChI=1S/C30H31N5O3.C29H31N5O2.C25H23N5O.CH3I.ClH/c1-29(2,3)38-28(37)34-30(16-7-17-30)21-12-10-20(11-13-21)26-22(19-8-5-4-6-9-19)18-24-23(33-26)14-15-25(31)35(24)27(32)36;1-28(2,3)36-27(35)33-29(16-7-17-29)21-12-10-20(11-13-21)26-22(19-8-5-4-6-9-19)18-24-23(32-26)14-15-25(31-24)34-30;26-22-12-11-20-21(30(22)24(27)31)15-19(16-5-2-1-3-6-16)23(29-20)17-7-9-18(10-8-17)25(28)13-4-14-25;1-2;/h4-6,8-15,18,31H,7,16-17H2,1-3H3,(H2,32,36)(H,34,37);4-6,8-15,18H,7,16-17,30H2,1-3H3,(H,31,34)(H,33,35);1-3,5-12,15,26H,4,13-14,28H2,(H2,27,31);1H3;1H/i;;;1D;. The molecule has 21 nitrogen and oxygen atoms in total. The van der Waals surface area contributed by atoms with Crippen LogP contribution < -0.4 is 50.1 Å². The number of benzene rings is 6. The number of hydrogen-bond acceptors (Lipinski definition) is 15. The average Bonchev–Trinajstić information content (AvgIpc) is 0.772. The van der Waals surface area contributed by atoms with Crippen LogP contribution in [0.15, 0.2) is 218 Å². The summed E-state index contributed by atoms with van der Waals surface area (Å²) in [6.07, 6.45) is 7.95. The van der Waals surface area contributed by atoms with Crippen LogP contribution >= 0.6 is 35.0 Å². The molecule has 0 bridgehead atoms. The summed E-state index contributed by atoms with van der Waals surface area (Å²) in [6.45, 7) is 11.2. The molecule has 23 heteroatoms. The second-order valence-corrected chi connectivity index (χ2v) is 29.1. The van der Waals surface area contributed by atoms with Crippen LogP contribution in [0.3, 0.4) is 0 Å². The Hall–Kier alpha value is -11.2. The van der Waals surface area contributed by atoms with Gasteiger partial charge in [-0.15, -0.1) is 12.4 Å². The van der Waals surface area contributed by atoms with Crippen molar-refractivity contribution in [2.45, 2.75) is 127 Å². The number of amides is 4. The van der Waals surface area contributed by atoms with E-state index >= 15 is 0 Å². The summed E-state index contributed by atoms with van der Waals surface area (Å²) in [5.41, 5.74) is 35.9. The number of nitrogens with one attached hydrogen (secondary N) is 5. The number of halogens is 2. The first-order valence-electron chi connectivity index (χ1n) is 36.2. The zero-order chi connectivity index (χ0) is 76.7. The molecule has 554 valence electrons. The Labute approximate surface area is 648 Å². The number of ether oxygens (including phenoxy) is 2. The molecule has 0 aliphatic heterocycles. The number of nitrogens with two attached hydrogens (primary N) is 4. The minimum absolute atomic E-state index is 0. The maximum absolute atomic E-state index is 12.6. The molecule has 6 aromatic carbocycles. The molecular formula is C85H89ClIN15O6. The molecule has 4 amide bonds. The fraction of sp³-hybridized carbons (Fsp3) is 0.247. The van der Waals surface area contributed by atoms with Crippen molar-refractivity contribution in [2.24, 2.45) is 23.0 Å². The van der Waals surface area contributed by atoms with Crippen molar-refractivity contribution in [3.05, 3.63) is 246 Å². The van der Waals surface area contributed by atoms with Gasteiger partial charge in [-0.05, 0) is 192 Å². The van der Waals surface area contributed by atoms with Crippen molar-refractivity contribution in [2.75, 3.05) is 10.3 Å². The molecule has 6 heterocycles. The first kappa shape index (κ1) is 76.5. The Morgan fingerprint density at radius 2 is 0.787 bits per heavy atom. The van der Waals surface area contributed by atoms with Crippen molar-refractivity contribution in [3.8, 4) is 67.2 Å². The van der Waals surface area contributed by atoms with Gasteiger partial charge in [-0.1, -0.05) is 186 Å². The van der Waals surface area contributed by atoms with Crippen LogP contribution in [0, 0.1) is 10.8 Å². The van der Waals surface area contributed by atoms with E-state index in [-0.39, 0.29) is 35.0 Å². The number of carbonyl (C=O) groups excluding carboxylic acids is 4. The van der Waals surface area contributed by atoms with Crippen LogP contribution in [0.1, 0.15) is 117 Å². The van der Waals surface area contributed by atoms with E-state index in [0.717, 1.165) is 151 Å². The molecule has 0 saturated heterocycles. The molecule has 3 fully saturated rings. The van der Waals surface area contributed by atoms with Crippen molar-refractivity contribution < 1.29 is 30.0 Å². The molecule has 0 spiro atoms. The Bertz CT molecular complexity index is 5440. The van der Waals surface area contributed by atoms with E-state index in [9.17, 15) is 19.2 Å². The number of primary amides is 2. The van der Waals surface area contributed by atoms with E-state index in [1.165, 1.54) is 23.1 Å². The molecule has 13 N–H and O–H groups in total. The Morgan fingerprint density at radius 3 is 1.10 bits per heavy atom. The zero-order valence-electron chi connectivity index (χ0n) is 62.1. The fourth-order valence-corrected chi connectivity index (χ4v) is 13.9. The zero-order valence-corrected chi connectivity index (χ0v) is 64.1. The molecule has 0 radical (unpaired) electrons. The topological polar surface area (TPSA) is 336 Å². The van der Waals surface area contributed by atoms with Crippen molar-refractivity contribution in [1.82, 2.24) is 39.7 Å². The summed E-state index contributed by atoms with van der Waals surface area (Å²) in [5.74, 6) is 6.16. The minimum atomic E-state index is -0.734. The first-order valence-corrected chi connectivity index (χ1v) is 37.0. The van der Waals surface area contributed by atoms with Gasteiger partial charge in [-0.2, -0.15) is 0 Å². The third-order valence-electron chi connectivity index (χ3n) is 19.6. The average molecular weight is 1580 g/mol. The van der Waals surface area contributed by atoms with Crippen LogP contribution in [-0.4, -0.2) is 69.4 Å². The molecule has 12 aromatic rings. The predicted octanol–water partition coefficient (Wildman–Crippen LogP) is 17.4. The number of nitrogen functional groups attached to an aromatic ring is 1. The van der Waals surface area contributed by atoms with E-state index in [2.05, 4.69) is 87.8 Å². The Balaban J connectivity index is 0.000000159. The first-order chi connectivity index (χ1) is 51.7. The van der Waals surface area contributed by atoms with E-state index in [1.807, 2.05) is 192 Å². The number of hydrazine groups is 1. The highest BCUT2D eigenvalue weighted by Gasteiger charge is 2.43. The normalized spacial score (nSPS) is 14.4. The number of nitrogens with zero attached hydrogens (tertiary/aromatic N) is 6. The predicted molar refractivity (Wildman–Crippen MR) is 438 cm³/mol. The lowest BCUT2D eigenvalue weighted by Gasteiger charge is -2.43. The molecule has 3 aliphatic rings. The van der Waals surface area contributed by atoms with E-state index in [0.29, 0.717) is 32.8 Å². The number of anilines is 1. The molecule has 15 rings (SSSR count). The summed E-state index contributed by atoms with van der Waals surface area (Å²) in [6, 6.07) is 69.1. The largest absolute Gasteiger partial charge is 0.444 e. The van der Waals surface area contributed by atoms with Crippen LogP contribution in [0.4, 0.5) is 25.0 Å². The minimum Gasteiger partial charge on any atom is -0.444 e. The van der Waals surface area contributed by atoms with Gasteiger partial charge in [0, 0.05) is 40.3 Å². The highest BCUT2D eigenvalue weighted by atomic mass is 127. The van der Waals surface area contributed by atoms with E-state index in [4.69, 9.17) is 59.7 Å². The van der Waals surface area contributed by atoms with Crippen molar-refractivity contribution in [3.63, 3.8) is 0 Å². The number of alkyl carbamates (subject to hydrolysis) is 2. The monoisotopic (exact) mass is 1580 g/mol. The molecule has 108 heavy (non-hydrogen) atoms. The lowest BCUT2D eigenvalue weighted by molar-refractivity contribution is 0.0365. The third kappa shape index (κ3) is 17.0. The number of hydrogen-bond donors (Lipinski definition) is 9. The molecule has 0 atom stereocenters. The van der Waals surface area contributed by atoms with Gasteiger partial charge >= 0.3 is 24.2 Å². The number of alkyl halides is 1. The van der Waals surface area contributed by atoms with E-state index in [1.54, 1.807) is 12.1 Å². The summed E-state index contributed by atoms with van der Waals surface area (Å²) in [4.78, 5) is 69.1. The smallest absolute Gasteiger partial charge is 0.408 e. The van der Waals surface area contributed by atoms with Crippen molar-refractivity contribution in [1.29, 1.82) is 10.8 Å². The fourth-order valence-electron chi connectivity index (χ4n) is 13.9. The van der Waals surface area contributed by atoms with Gasteiger partial charge in [0.25, 0.3) is 0 Å². The second kappa shape index (κ2) is 32.5. The summed E-state index contributed by atoms with van der Waals surface area (Å²) in [7, 11) is 0. The van der Waals surface area contributed by atoms with Gasteiger partial charge in [0.2, 0.25) is 0 Å². The van der Waals surface area contributed by atoms with Crippen LogP contribution in [0.2, 0.25) is 0 Å². The van der Waals surface area contributed by atoms with Gasteiger partial charge in [-0.3, -0.25) is 10.8 Å². The molecule has 3 aliphatic carbocycles. The maximum atomic E-state index is 12.6. The van der Waals surface area contributed by atoms with Gasteiger partial charge < -0.3 is 42.7 Å². The SMILES string of the molecule is CC(C)(C)OC(=O)NC1(c2ccc(-c3nc4ccc(=N)n(C(N)=O)c4cc3-c3ccccc3)cc2)CCC1.CC(C)(C)OC(=O)NC1(c2ccc(-c3nc4ccc(NN)nc4cc3-c3ccccc3)cc2)CCC1.Cl.N=c1ccc2nc(-c3ccc(C4(N)CCC4)cc3)c(-c3ccccc3)cc2n1C(N)=O.[2H]CI. The Morgan fingerprint density at radius 1 is 0.454 bits per heavy atom. The number of rotatable bonds is 12. The molecule has 6 aromatic heterocycles. The van der Waals surface area contributed by atoms with Gasteiger partial charge in [0.05, 0.1) is 61.3 Å². The lowest BCUT2D eigenvalue weighted by atomic mass is 9.71. The quantitative estimate of drug-likeness (QED) is 0.0238. The molecule has 0 unspecified atom stereocenters. The summed E-state index contributed by atoms with van der Waals surface area (Å²) in [5, 5.41) is 22.5.